The summed E-state index contributed by atoms with van der Waals surface area (Å²) in [4.78, 5) is 12.3. The fourth-order valence-electron chi connectivity index (χ4n) is 3.35. The number of aromatic carboxylic acids is 1. The highest BCUT2D eigenvalue weighted by Crippen LogP contribution is 2.42. The highest BCUT2D eigenvalue weighted by Gasteiger charge is 2.15. The second-order valence-electron chi connectivity index (χ2n) is 6.90. The fraction of sp³-hybridized carbons (Fsp3) is 0.0800. The van der Waals surface area contributed by atoms with E-state index in [1.165, 1.54) is 0 Å². The van der Waals surface area contributed by atoms with Crippen molar-refractivity contribution in [3.8, 4) is 27.3 Å². The molecule has 0 aliphatic carbocycles. The van der Waals surface area contributed by atoms with Gasteiger partial charge < -0.3 is 14.6 Å². The quantitative estimate of drug-likeness (QED) is 0.337. The number of hydrogen-bond donors (Lipinski definition) is 0. The van der Waals surface area contributed by atoms with Crippen molar-refractivity contribution >= 4 is 33.2 Å². The summed E-state index contributed by atoms with van der Waals surface area (Å²) in [5.41, 5.74) is 5.00. The molecule has 0 unspecified atom stereocenters. The van der Waals surface area contributed by atoms with Gasteiger partial charge in [-0.2, -0.15) is 0 Å². The van der Waals surface area contributed by atoms with Gasteiger partial charge in [0.05, 0.1) is 5.97 Å². The zero-order valence-electron chi connectivity index (χ0n) is 16.2. The third-order valence-corrected chi connectivity index (χ3v) is 6.30. The number of carboxylic acids is 1. The molecule has 0 atom stereocenters. The standard InChI is InChI=1S/C25H19BrO3S/c1-16-13-18(7-9-20(16)25(27)28)24-21(11-12-30-24)22-14-19(26)8-10-23(22)29-15-17-5-3-2-4-6-17/h2-14H,15H2,1H3,(H,27,28)/p-1. The lowest BCUT2D eigenvalue weighted by Crippen LogP contribution is -2.23. The molecule has 0 bridgehead atoms. The smallest absolute Gasteiger partial charge is 0.127 e. The van der Waals surface area contributed by atoms with E-state index in [2.05, 4.69) is 22.0 Å². The number of aryl methyl sites for hydroxylation is 1. The molecule has 5 heteroatoms. The average molecular weight is 478 g/mol. The van der Waals surface area contributed by atoms with Gasteiger partial charge in [-0.15, -0.1) is 11.3 Å². The number of carbonyl (C=O) groups is 1. The second kappa shape index (κ2) is 8.86. The lowest BCUT2D eigenvalue weighted by atomic mass is 9.99. The van der Waals surface area contributed by atoms with E-state index < -0.39 is 5.97 Å². The predicted octanol–water partition coefficient (Wildman–Crippen LogP) is 6.10. The predicted molar refractivity (Wildman–Crippen MR) is 123 cm³/mol. The van der Waals surface area contributed by atoms with Crippen molar-refractivity contribution < 1.29 is 14.6 Å². The van der Waals surface area contributed by atoms with Crippen LogP contribution in [0.15, 0.2) is 82.6 Å². The second-order valence-corrected chi connectivity index (χ2v) is 8.73. The van der Waals surface area contributed by atoms with E-state index in [0.29, 0.717) is 12.2 Å². The largest absolute Gasteiger partial charge is 0.545 e. The van der Waals surface area contributed by atoms with Gasteiger partial charge in [-0.3, -0.25) is 0 Å². The topological polar surface area (TPSA) is 49.4 Å². The van der Waals surface area contributed by atoms with Crippen LogP contribution in [0, 0.1) is 6.92 Å². The van der Waals surface area contributed by atoms with Crippen molar-refractivity contribution in [2.24, 2.45) is 0 Å². The highest BCUT2D eigenvalue weighted by molar-refractivity contribution is 9.10. The maximum Gasteiger partial charge on any atom is 0.127 e. The first kappa shape index (κ1) is 20.4. The monoisotopic (exact) mass is 477 g/mol. The Bertz CT molecular complexity index is 1200. The van der Waals surface area contributed by atoms with E-state index >= 15 is 0 Å². The summed E-state index contributed by atoms with van der Waals surface area (Å²) in [5, 5.41) is 13.3. The fourth-order valence-corrected chi connectivity index (χ4v) is 4.62. The zero-order valence-corrected chi connectivity index (χ0v) is 18.6. The van der Waals surface area contributed by atoms with Crippen LogP contribution in [0.3, 0.4) is 0 Å². The van der Waals surface area contributed by atoms with Gasteiger partial charge in [0.25, 0.3) is 0 Å². The van der Waals surface area contributed by atoms with Crippen LogP contribution in [0.25, 0.3) is 21.6 Å². The lowest BCUT2D eigenvalue weighted by molar-refractivity contribution is -0.255. The van der Waals surface area contributed by atoms with E-state index in [0.717, 1.165) is 37.4 Å². The summed E-state index contributed by atoms with van der Waals surface area (Å²) < 4.78 is 7.13. The van der Waals surface area contributed by atoms with Gasteiger partial charge in [0.15, 0.2) is 0 Å². The Labute approximate surface area is 187 Å². The van der Waals surface area contributed by atoms with Crippen molar-refractivity contribution in [1.82, 2.24) is 0 Å². The Morgan fingerprint density at radius 2 is 1.80 bits per heavy atom. The first-order chi connectivity index (χ1) is 14.5. The van der Waals surface area contributed by atoms with Crippen molar-refractivity contribution in [1.29, 1.82) is 0 Å². The summed E-state index contributed by atoms with van der Waals surface area (Å²) in [6, 6.07) is 23.4. The molecule has 0 aliphatic heterocycles. The third-order valence-electron chi connectivity index (χ3n) is 4.84. The van der Waals surface area contributed by atoms with Gasteiger partial charge in [0.2, 0.25) is 0 Å². The molecule has 0 N–H and O–H groups in total. The number of rotatable bonds is 6. The number of ether oxygens (including phenoxy) is 1. The van der Waals surface area contributed by atoms with Crippen LogP contribution in [-0.4, -0.2) is 5.97 Å². The number of carboxylic acid groups (broad SMARTS) is 1. The molecule has 0 amide bonds. The lowest BCUT2D eigenvalue weighted by Gasteiger charge is -2.14. The maximum absolute atomic E-state index is 11.2. The van der Waals surface area contributed by atoms with Crippen LogP contribution in [-0.2, 0) is 6.61 Å². The Hall–Kier alpha value is -2.89. The Kier molecular flexibility index (Phi) is 6.02. The van der Waals surface area contributed by atoms with Crippen LogP contribution in [0.2, 0.25) is 0 Å². The van der Waals surface area contributed by atoms with Crippen molar-refractivity contribution in [2.45, 2.75) is 13.5 Å². The van der Waals surface area contributed by atoms with Crippen LogP contribution < -0.4 is 9.84 Å². The molecule has 4 aromatic rings. The SMILES string of the molecule is Cc1cc(-c2sccc2-c2cc(Br)ccc2OCc2ccccc2)ccc1C(=O)[O-]. The number of benzene rings is 3. The van der Waals surface area contributed by atoms with Gasteiger partial charge in [0, 0.05) is 26.0 Å². The average Bonchev–Trinajstić information content (AvgIpc) is 3.23. The summed E-state index contributed by atoms with van der Waals surface area (Å²) in [5.74, 6) is -0.362. The number of thiophene rings is 1. The zero-order chi connectivity index (χ0) is 21.1. The normalized spacial score (nSPS) is 10.7. The van der Waals surface area contributed by atoms with E-state index in [1.807, 2.05) is 66.0 Å². The molecule has 0 saturated carbocycles. The van der Waals surface area contributed by atoms with Crippen LogP contribution in [0.4, 0.5) is 0 Å². The minimum atomic E-state index is -1.16. The first-order valence-corrected chi connectivity index (χ1v) is 11.1. The third kappa shape index (κ3) is 4.32. The molecule has 3 aromatic carbocycles. The molecule has 0 aliphatic rings. The summed E-state index contributed by atoms with van der Waals surface area (Å²) >= 11 is 5.19. The van der Waals surface area contributed by atoms with Gasteiger partial charge in [0.1, 0.15) is 12.4 Å². The molecule has 1 heterocycles. The van der Waals surface area contributed by atoms with Gasteiger partial charge in [-0.25, -0.2) is 0 Å². The highest BCUT2D eigenvalue weighted by atomic mass is 79.9. The summed E-state index contributed by atoms with van der Waals surface area (Å²) in [6.45, 7) is 2.27. The van der Waals surface area contributed by atoms with Crippen molar-refractivity contribution in [2.75, 3.05) is 0 Å². The molecule has 4 rings (SSSR count). The number of hydrogen-bond acceptors (Lipinski definition) is 4. The summed E-state index contributed by atoms with van der Waals surface area (Å²) in [7, 11) is 0. The number of carbonyl (C=O) groups excluding carboxylic acids is 1. The Morgan fingerprint density at radius 3 is 2.53 bits per heavy atom. The maximum atomic E-state index is 11.2. The molecule has 0 fully saturated rings. The molecule has 0 spiro atoms. The molecule has 3 nitrogen and oxygen atoms in total. The van der Waals surface area contributed by atoms with Gasteiger partial charge in [-0.1, -0.05) is 58.4 Å². The van der Waals surface area contributed by atoms with Crippen molar-refractivity contribution in [3.05, 3.63) is 99.3 Å². The van der Waals surface area contributed by atoms with Gasteiger partial charge >= 0.3 is 0 Å². The molecular formula is C25H18BrO3S-. The van der Waals surface area contributed by atoms with Crippen LogP contribution in [0.5, 0.6) is 5.75 Å². The molecule has 30 heavy (non-hydrogen) atoms. The molecule has 0 radical (unpaired) electrons. The van der Waals surface area contributed by atoms with E-state index in [1.54, 1.807) is 24.3 Å². The molecular weight excluding hydrogens is 460 g/mol. The van der Waals surface area contributed by atoms with Crippen molar-refractivity contribution in [3.63, 3.8) is 0 Å². The van der Waals surface area contributed by atoms with E-state index in [9.17, 15) is 9.90 Å². The van der Waals surface area contributed by atoms with E-state index in [4.69, 9.17) is 4.74 Å². The first-order valence-electron chi connectivity index (χ1n) is 9.39. The minimum absolute atomic E-state index is 0.214. The van der Waals surface area contributed by atoms with Crippen LogP contribution in [0.1, 0.15) is 21.5 Å². The summed E-state index contributed by atoms with van der Waals surface area (Å²) in [6.07, 6.45) is 0. The molecule has 150 valence electrons. The van der Waals surface area contributed by atoms with Crippen LogP contribution >= 0.6 is 27.3 Å². The minimum Gasteiger partial charge on any atom is -0.545 e. The Balaban J connectivity index is 1.72. The molecule has 0 saturated heterocycles. The van der Waals surface area contributed by atoms with E-state index in [-0.39, 0.29) is 5.56 Å². The molecule has 1 aromatic heterocycles. The Morgan fingerprint density at radius 1 is 1.00 bits per heavy atom. The van der Waals surface area contributed by atoms with Gasteiger partial charge in [-0.05, 0) is 59.3 Å². The number of halogens is 1.